The van der Waals surface area contributed by atoms with Crippen LogP contribution in [0.4, 0.5) is 5.82 Å². The lowest BCUT2D eigenvalue weighted by molar-refractivity contribution is 0.397. The molecule has 0 saturated carbocycles. The highest BCUT2D eigenvalue weighted by molar-refractivity contribution is 5.67. The van der Waals surface area contributed by atoms with Crippen molar-refractivity contribution in [2.75, 3.05) is 12.8 Å². The summed E-state index contributed by atoms with van der Waals surface area (Å²) in [6, 6.07) is 3.60. The quantitative estimate of drug-likeness (QED) is 0.822. The largest absolute Gasteiger partial charge is 0.479 e. The fraction of sp³-hybridized carbons (Fsp3) is 0.182. The monoisotopic (exact) mass is 216 g/mol. The Hall–Kier alpha value is -2.17. The SMILES string of the molecule is COc1nccnc1-c1ccc(N)nc1C. The number of rotatable bonds is 2. The summed E-state index contributed by atoms with van der Waals surface area (Å²) in [4.78, 5) is 12.5. The summed E-state index contributed by atoms with van der Waals surface area (Å²) in [6.07, 6.45) is 3.20. The summed E-state index contributed by atoms with van der Waals surface area (Å²) >= 11 is 0. The van der Waals surface area contributed by atoms with Crippen LogP contribution in [0.5, 0.6) is 5.88 Å². The predicted molar refractivity (Wildman–Crippen MR) is 61.0 cm³/mol. The highest BCUT2D eigenvalue weighted by Crippen LogP contribution is 2.27. The van der Waals surface area contributed by atoms with Crippen LogP contribution in [0.1, 0.15) is 5.69 Å². The van der Waals surface area contributed by atoms with Gasteiger partial charge in [-0.2, -0.15) is 0 Å². The first-order valence-electron chi connectivity index (χ1n) is 4.81. The molecule has 0 atom stereocenters. The normalized spacial score (nSPS) is 10.1. The lowest BCUT2D eigenvalue weighted by Gasteiger charge is -2.08. The number of hydrogen-bond donors (Lipinski definition) is 1. The summed E-state index contributed by atoms with van der Waals surface area (Å²) < 4.78 is 5.15. The minimum absolute atomic E-state index is 0.483. The molecule has 0 aliphatic carbocycles. The van der Waals surface area contributed by atoms with Gasteiger partial charge in [0, 0.05) is 23.7 Å². The molecule has 0 aliphatic heterocycles. The van der Waals surface area contributed by atoms with E-state index in [1.807, 2.05) is 13.0 Å². The van der Waals surface area contributed by atoms with Crippen LogP contribution in [-0.4, -0.2) is 22.1 Å². The Morgan fingerprint density at radius 2 is 1.94 bits per heavy atom. The Balaban J connectivity index is 2.58. The Bertz CT molecular complexity index is 513. The number of aromatic nitrogens is 3. The molecule has 82 valence electrons. The van der Waals surface area contributed by atoms with Crippen LogP contribution in [0, 0.1) is 6.92 Å². The number of hydrogen-bond acceptors (Lipinski definition) is 5. The second kappa shape index (κ2) is 4.14. The van der Waals surface area contributed by atoms with Crippen LogP contribution in [0.3, 0.4) is 0 Å². The minimum Gasteiger partial charge on any atom is -0.479 e. The zero-order chi connectivity index (χ0) is 11.5. The van der Waals surface area contributed by atoms with Gasteiger partial charge in [0.05, 0.1) is 7.11 Å². The highest BCUT2D eigenvalue weighted by Gasteiger charge is 2.11. The van der Waals surface area contributed by atoms with Crippen molar-refractivity contribution in [1.29, 1.82) is 0 Å². The molecule has 2 rings (SSSR count). The van der Waals surface area contributed by atoms with Crippen LogP contribution in [0.15, 0.2) is 24.5 Å². The predicted octanol–water partition coefficient (Wildman–Crippen LogP) is 1.44. The summed E-state index contributed by atoms with van der Waals surface area (Å²) in [6.45, 7) is 1.87. The van der Waals surface area contributed by atoms with Crippen molar-refractivity contribution in [3.63, 3.8) is 0 Å². The minimum atomic E-state index is 0.483. The van der Waals surface area contributed by atoms with Gasteiger partial charge in [0.15, 0.2) is 0 Å². The van der Waals surface area contributed by atoms with Crippen molar-refractivity contribution in [1.82, 2.24) is 15.0 Å². The van der Waals surface area contributed by atoms with Crippen LogP contribution in [-0.2, 0) is 0 Å². The first kappa shape index (κ1) is 10.4. The number of nitrogen functional groups attached to an aromatic ring is 1. The molecule has 5 nitrogen and oxygen atoms in total. The van der Waals surface area contributed by atoms with Crippen LogP contribution in [0.2, 0.25) is 0 Å². The summed E-state index contributed by atoms with van der Waals surface area (Å²) in [7, 11) is 1.56. The first-order valence-corrected chi connectivity index (χ1v) is 4.81. The van der Waals surface area contributed by atoms with Crippen molar-refractivity contribution >= 4 is 5.82 Å². The van der Waals surface area contributed by atoms with E-state index >= 15 is 0 Å². The van der Waals surface area contributed by atoms with Crippen LogP contribution in [0.25, 0.3) is 11.3 Å². The third kappa shape index (κ3) is 1.79. The topological polar surface area (TPSA) is 73.9 Å². The summed E-state index contributed by atoms with van der Waals surface area (Å²) in [5, 5.41) is 0. The molecular weight excluding hydrogens is 204 g/mol. The van der Waals surface area contributed by atoms with Gasteiger partial charge in [0.25, 0.3) is 0 Å². The van der Waals surface area contributed by atoms with E-state index in [-0.39, 0.29) is 0 Å². The lowest BCUT2D eigenvalue weighted by atomic mass is 10.1. The van der Waals surface area contributed by atoms with Crippen molar-refractivity contribution in [3.05, 3.63) is 30.2 Å². The molecule has 0 saturated heterocycles. The number of pyridine rings is 1. The van der Waals surface area contributed by atoms with E-state index in [4.69, 9.17) is 10.5 Å². The Labute approximate surface area is 93.3 Å². The number of nitrogens with zero attached hydrogens (tertiary/aromatic N) is 3. The van der Waals surface area contributed by atoms with E-state index in [9.17, 15) is 0 Å². The molecule has 2 N–H and O–H groups in total. The summed E-state index contributed by atoms with van der Waals surface area (Å²) in [5.74, 6) is 0.973. The maximum atomic E-state index is 5.60. The molecule has 0 aromatic carbocycles. The van der Waals surface area contributed by atoms with Gasteiger partial charge in [-0.15, -0.1) is 0 Å². The van der Waals surface area contributed by atoms with E-state index in [0.717, 1.165) is 11.3 Å². The van der Waals surface area contributed by atoms with Crippen molar-refractivity contribution in [2.45, 2.75) is 6.92 Å². The Morgan fingerprint density at radius 1 is 1.19 bits per heavy atom. The average molecular weight is 216 g/mol. The van der Waals surface area contributed by atoms with Gasteiger partial charge in [0.2, 0.25) is 5.88 Å². The number of nitrogens with two attached hydrogens (primary N) is 1. The molecule has 2 heterocycles. The number of methoxy groups -OCH3 is 1. The highest BCUT2D eigenvalue weighted by atomic mass is 16.5. The van der Waals surface area contributed by atoms with E-state index < -0.39 is 0 Å². The van der Waals surface area contributed by atoms with E-state index in [1.165, 1.54) is 0 Å². The first-order chi connectivity index (χ1) is 7.72. The molecule has 0 fully saturated rings. The third-order valence-corrected chi connectivity index (χ3v) is 2.22. The van der Waals surface area contributed by atoms with E-state index in [2.05, 4.69) is 15.0 Å². The molecule has 0 bridgehead atoms. The smallest absolute Gasteiger partial charge is 0.240 e. The summed E-state index contributed by atoms with van der Waals surface area (Å²) in [5.41, 5.74) is 7.95. The molecule has 0 radical (unpaired) electrons. The standard InChI is InChI=1S/C11H12N4O/c1-7-8(3-4-9(12)15-7)10-11(16-2)14-6-5-13-10/h3-6H,1-2H3,(H2,12,15). The average Bonchev–Trinajstić information content (AvgIpc) is 2.29. The van der Waals surface area contributed by atoms with E-state index in [0.29, 0.717) is 17.4 Å². The fourth-order valence-corrected chi connectivity index (χ4v) is 1.49. The number of ether oxygens (including phenoxy) is 1. The molecule has 0 amide bonds. The Morgan fingerprint density at radius 3 is 2.62 bits per heavy atom. The van der Waals surface area contributed by atoms with Crippen LogP contribution >= 0.6 is 0 Å². The van der Waals surface area contributed by atoms with Gasteiger partial charge in [-0.1, -0.05) is 0 Å². The van der Waals surface area contributed by atoms with Gasteiger partial charge in [-0.25, -0.2) is 15.0 Å². The molecule has 0 unspecified atom stereocenters. The van der Waals surface area contributed by atoms with Gasteiger partial charge in [-0.3, -0.25) is 0 Å². The zero-order valence-corrected chi connectivity index (χ0v) is 9.14. The van der Waals surface area contributed by atoms with Crippen molar-refractivity contribution in [3.8, 4) is 17.1 Å². The van der Waals surface area contributed by atoms with Crippen molar-refractivity contribution < 1.29 is 4.74 Å². The lowest BCUT2D eigenvalue weighted by Crippen LogP contribution is -1.98. The molecular formula is C11H12N4O. The molecule has 0 aliphatic rings. The maximum absolute atomic E-state index is 5.60. The molecule has 5 heteroatoms. The van der Waals surface area contributed by atoms with Gasteiger partial charge < -0.3 is 10.5 Å². The zero-order valence-electron chi connectivity index (χ0n) is 9.14. The number of aryl methyl sites for hydroxylation is 1. The van der Waals surface area contributed by atoms with Gasteiger partial charge in [-0.05, 0) is 19.1 Å². The van der Waals surface area contributed by atoms with Gasteiger partial charge in [0.1, 0.15) is 11.5 Å². The fourth-order valence-electron chi connectivity index (χ4n) is 1.49. The number of anilines is 1. The molecule has 2 aromatic rings. The third-order valence-electron chi connectivity index (χ3n) is 2.22. The molecule has 16 heavy (non-hydrogen) atoms. The Kier molecular flexibility index (Phi) is 2.68. The maximum Gasteiger partial charge on any atom is 0.240 e. The van der Waals surface area contributed by atoms with Crippen LogP contribution < -0.4 is 10.5 Å². The molecule has 2 aromatic heterocycles. The van der Waals surface area contributed by atoms with E-state index in [1.54, 1.807) is 25.6 Å². The van der Waals surface area contributed by atoms with Crippen molar-refractivity contribution in [2.24, 2.45) is 0 Å². The second-order valence-corrected chi connectivity index (χ2v) is 3.28. The second-order valence-electron chi connectivity index (χ2n) is 3.28. The van der Waals surface area contributed by atoms with Gasteiger partial charge >= 0.3 is 0 Å². The molecule has 0 spiro atoms.